The topological polar surface area (TPSA) is 78.9 Å². The van der Waals surface area contributed by atoms with Crippen LogP contribution in [0.2, 0.25) is 0 Å². The number of carbonyl (C=O) groups excluding carboxylic acids is 1. The van der Waals surface area contributed by atoms with Crippen LogP contribution < -0.4 is 5.32 Å². The molecule has 0 saturated heterocycles. The Morgan fingerprint density at radius 2 is 2.41 bits per heavy atom. The van der Waals surface area contributed by atoms with E-state index in [2.05, 4.69) is 10.3 Å². The zero-order valence-electron chi connectivity index (χ0n) is 8.88. The molecule has 0 radical (unpaired) electrons. The third kappa shape index (κ3) is 2.92. The van der Waals surface area contributed by atoms with E-state index in [-0.39, 0.29) is 12.3 Å². The van der Waals surface area contributed by atoms with E-state index in [0.29, 0.717) is 16.9 Å². The predicted molar refractivity (Wildman–Crippen MR) is 60.0 cm³/mol. The first-order chi connectivity index (χ1) is 8.28. The number of oxazole rings is 1. The average Bonchev–Trinajstić information content (AvgIpc) is 2.82. The molecule has 0 saturated carbocycles. The number of benzene rings is 1. The van der Waals surface area contributed by atoms with Gasteiger partial charge in [-0.1, -0.05) is 6.07 Å². The van der Waals surface area contributed by atoms with Crippen LogP contribution in [0.5, 0.6) is 0 Å². The Hall–Kier alpha value is -2.61. The molecule has 5 heteroatoms. The van der Waals surface area contributed by atoms with Gasteiger partial charge in [-0.2, -0.15) is 5.26 Å². The highest BCUT2D eigenvalue weighted by Crippen LogP contribution is 2.10. The third-order valence-electron chi connectivity index (χ3n) is 2.10. The fourth-order valence-corrected chi connectivity index (χ4v) is 1.36. The zero-order chi connectivity index (χ0) is 12.1. The van der Waals surface area contributed by atoms with Gasteiger partial charge in [0.25, 0.3) is 0 Å². The van der Waals surface area contributed by atoms with Crippen molar-refractivity contribution in [3.8, 4) is 6.07 Å². The lowest BCUT2D eigenvalue weighted by Gasteiger charge is -2.03. The Bertz CT molecular complexity index is 555. The molecule has 0 fully saturated rings. The molecule has 84 valence electrons. The number of nitrogens with zero attached hydrogens (tertiary/aromatic N) is 2. The van der Waals surface area contributed by atoms with E-state index in [0.717, 1.165) is 0 Å². The van der Waals surface area contributed by atoms with Gasteiger partial charge in [0.1, 0.15) is 6.26 Å². The van der Waals surface area contributed by atoms with Gasteiger partial charge >= 0.3 is 0 Å². The quantitative estimate of drug-likeness (QED) is 0.865. The first-order valence-electron chi connectivity index (χ1n) is 4.95. The van der Waals surface area contributed by atoms with E-state index < -0.39 is 0 Å². The number of anilines is 1. The summed E-state index contributed by atoms with van der Waals surface area (Å²) < 4.78 is 4.77. The molecule has 2 rings (SSSR count). The largest absolute Gasteiger partial charge is 0.451 e. The van der Waals surface area contributed by atoms with Crippen molar-refractivity contribution in [2.24, 2.45) is 0 Å². The van der Waals surface area contributed by atoms with Crippen LogP contribution in [0.25, 0.3) is 0 Å². The second-order valence-corrected chi connectivity index (χ2v) is 3.40. The Labute approximate surface area is 97.7 Å². The molecule has 1 aromatic carbocycles. The standard InChI is InChI=1S/C12H9N3O2/c13-6-9-2-1-3-10(4-9)15-12(16)5-11-7-17-8-14-11/h1-4,7-8H,5H2,(H,15,16). The summed E-state index contributed by atoms with van der Waals surface area (Å²) in [7, 11) is 0. The van der Waals surface area contributed by atoms with E-state index in [1.165, 1.54) is 12.7 Å². The van der Waals surface area contributed by atoms with Gasteiger partial charge in [-0.3, -0.25) is 4.79 Å². The van der Waals surface area contributed by atoms with E-state index in [1.807, 2.05) is 6.07 Å². The normalized spacial score (nSPS) is 9.59. The third-order valence-corrected chi connectivity index (χ3v) is 2.10. The van der Waals surface area contributed by atoms with Gasteiger partial charge in [0, 0.05) is 5.69 Å². The van der Waals surface area contributed by atoms with Crippen molar-refractivity contribution in [3.05, 3.63) is 48.2 Å². The Balaban J connectivity index is 2.01. The van der Waals surface area contributed by atoms with Crippen molar-refractivity contribution in [3.63, 3.8) is 0 Å². The van der Waals surface area contributed by atoms with Crippen molar-refractivity contribution in [1.29, 1.82) is 5.26 Å². The summed E-state index contributed by atoms with van der Waals surface area (Å²) in [6, 6.07) is 8.73. The summed E-state index contributed by atoms with van der Waals surface area (Å²) in [6.07, 6.45) is 2.84. The molecule has 0 bridgehead atoms. The van der Waals surface area contributed by atoms with Crippen LogP contribution in [0.1, 0.15) is 11.3 Å². The van der Waals surface area contributed by atoms with Gasteiger partial charge in [-0.25, -0.2) is 4.98 Å². The number of rotatable bonds is 3. The van der Waals surface area contributed by atoms with Gasteiger partial charge in [0.2, 0.25) is 5.91 Å². The van der Waals surface area contributed by atoms with E-state index in [1.54, 1.807) is 24.3 Å². The summed E-state index contributed by atoms with van der Waals surface area (Å²) in [5.74, 6) is -0.200. The molecule has 5 nitrogen and oxygen atoms in total. The molecule has 1 N–H and O–H groups in total. The maximum absolute atomic E-state index is 11.6. The molecule has 0 unspecified atom stereocenters. The lowest BCUT2D eigenvalue weighted by Crippen LogP contribution is -2.14. The van der Waals surface area contributed by atoms with Crippen LogP contribution in [0, 0.1) is 11.3 Å². The van der Waals surface area contributed by atoms with Crippen molar-refractivity contribution < 1.29 is 9.21 Å². The number of nitriles is 1. The maximum Gasteiger partial charge on any atom is 0.230 e. The van der Waals surface area contributed by atoms with Crippen LogP contribution in [0.3, 0.4) is 0 Å². The molecule has 1 amide bonds. The fraction of sp³-hybridized carbons (Fsp3) is 0.0833. The first kappa shape index (κ1) is 10.9. The minimum Gasteiger partial charge on any atom is -0.451 e. The molecule has 0 aliphatic heterocycles. The number of amides is 1. The van der Waals surface area contributed by atoms with Crippen molar-refractivity contribution in [2.45, 2.75) is 6.42 Å². The molecule has 0 aliphatic rings. The van der Waals surface area contributed by atoms with Gasteiger partial charge < -0.3 is 9.73 Å². The zero-order valence-corrected chi connectivity index (χ0v) is 8.88. The number of nitrogens with one attached hydrogen (secondary N) is 1. The van der Waals surface area contributed by atoms with Crippen molar-refractivity contribution >= 4 is 11.6 Å². The maximum atomic E-state index is 11.6. The molecule has 0 spiro atoms. The van der Waals surface area contributed by atoms with Gasteiger partial charge in [0.05, 0.1) is 23.7 Å². The highest BCUT2D eigenvalue weighted by Gasteiger charge is 2.06. The second kappa shape index (κ2) is 4.94. The molecule has 1 aromatic heterocycles. The summed E-state index contributed by atoms with van der Waals surface area (Å²) in [6.45, 7) is 0. The van der Waals surface area contributed by atoms with Gasteiger partial charge in [-0.15, -0.1) is 0 Å². The average molecular weight is 227 g/mol. The summed E-state index contributed by atoms with van der Waals surface area (Å²) in [5, 5.41) is 11.4. The van der Waals surface area contributed by atoms with Gasteiger partial charge in [-0.05, 0) is 18.2 Å². The lowest BCUT2D eigenvalue weighted by atomic mass is 10.2. The Morgan fingerprint density at radius 1 is 1.53 bits per heavy atom. The highest BCUT2D eigenvalue weighted by molar-refractivity contribution is 5.92. The molecule has 0 aliphatic carbocycles. The summed E-state index contributed by atoms with van der Waals surface area (Å²) >= 11 is 0. The second-order valence-electron chi connectivity index (χ2n) is 3.40. The first-order valence-corrected chi connectivity index (χ1v) is 4.95. The van der Waals surface area contributed by atoms with Crippen LogP contribution in [-0.4, -0.2) is 10.9 Å². The highest BCUT2D eigenvalue weighted by atomic mass is 16.3. The van der Waals surface area contributed by atoms with Gasteiger partial charge in [0.15, 0.2) is 6.39 Å². The molecular weight excluding hydrogens is 218 g/mol. The fourth-order valence-electron chi connectivity index (χ4n) is 1.36. The lowest BCUT2D eigenvalue weighted by molar-refractivity contribution is -0.115. The Kier molecular flexibility index (Phi) is 3.17. The SMILES string of the molecule is N#Cc1cccc(NC(=O)Cc2cocn2)c1. The van der Waals surface area contributed by atoms with Crippen molar-refractivity contribution in [2.75, 3.05) is 5.32 Å². The number of carbonyl (C=O) groups is 1. The minimum absolute atomic E-state index is 0.146. The smallest absolute Gasteiger partial charge is 0.230 e. The Morgan fingerprint density at radius 3 is 3.12 bits per heavy atom. The minimum atomic E-state index is -0.200. The number of hydrogen-bond donors (Lipinski definition) is 1. The van der Waals surface area contributed by atoms with Crippen LogP contribution in [-0.2, 0) is 11.2 Å². The summed E-state index contributed by atoms with van der Waals surface area (Å²) in [4.78, 5) is 15.5. The molecular formula is C12H9N3O2. The van der Waals surface area contributed by atoms with Crippen LogP contribution >= 0.6 is 0 Å². The molecule has 1 heterocycles. The molecule has 2 aromatic rings. The monoisotopic (exact) mass is 227 g/mol. The predicted octanol–water partition coefficient (Wildman–Crippen LogP) is 1.73. The molecule has 17 heavy (non-hydrogen) atoms. The van der Waals surface area contributed by atoms with E-state index >= 15 is 0 Å². The van der Waals surface area contributed by atoms with Crippen LogP contribution in [0.4, 0.5) is 5.69 Å². The van der Waals surface area contributed by atoms with Crippen LogP contribution in [0.15, 0.2) is 41.3 Å². The number of aromatic nitrogens is 1. The summed E-state index contributed by atoms with van der Waals surface area (Å²) in [5.41, 5.74) is 1.67. The van der Waals surface area contributed by atoms with E-state index in [4.69, 9.17) is 9.68 Å². The van der Waals surface area contributed by atoms with E-state index in [9.17, 15) is 4.79 Å². The molecule has 0 atom stereocenters. The number of hydrogen-bond acceptors (Lipinski definition) is 4. The van der Waals surface area contributed by atoms with Crippen molar-refractivity contribution in [1.82, 2.24) is 4.98 Å².